The van der Waals surface area contributed by atoms with E-state index in [1.807, 2.05) is 25.1 Å². The fourth-order valence-corrected chi connectivity index (χ4v) is 5.34. The van der Waals surface area contributed by atoms with Crippen LogP contribution in [0.25, 0.3) is 0 Å². The summed E-state index contributed by atoms with van der Waals surface area (Å²) in [5.41, 5.74) is 0. The second kappa shape index (κ2) is 5.93. The molecule has 0 spiro atoms. The fraction of sp³-hybridized carbons (Fsp3) is 0.667. The summed E-state index contributed by atoms with van der Waals surface area (Å²) in [5, 5.41) is 0. The van der Waals surface area contributed by atoms with Crippen molar-refractivity contribution < 1.29 is 13.2 Å². The van der Waals surface area contributed by atoms with Gasteiger partial charge >= 0.3 is 0 Å². The largest absolute Gasteiger partial charge is 0.472 e. The van der Waals surface area contributed by atoms with E-state index in [4.69, 9.17) is 4.74 Å². The third kappa shape index (κ3) is 2.92. The van der Waals surface area contributed by atoms with Crippen LogP contribution in [0.2, 0.25) is 0 Å². The molecule has 0 radical (unpaired) electrons. The van der Waals surface area contributed by atoms with Crippen molar-refractivity contribution in [3.63, 3.8) is 0 Å². The second-order valence-corrected chi connectivity index (χ2v) is 7.94. The summed E-state index contributed by atoms with van der Waals surface area (Å²) in [6, 6.07) is 5.54. The number of rotatable bonds is 6. The topological polar surface area (TPSA) is 59.5 Å². The van der Waals surface area contributed by atoms with E-state index in [-0.39, 0.29) is 17.9 Å². The number of hydrogen-bond acceptors (Lipinski definition) is 4. The Hall–Kier alpha value is -1.14. The zero-order chi connectivity index (χ0) is 14.9. The Morgan fingerprint density at radius 3 is 2.95 bits per heavy atom. The summed E-state index contributed by atoms with van der Waals surface area (Å²) in [6.45, 7) is 2.62. The molecule has 5 nitrogen and oxygen atoms in total. The highest BCUT2D eigenvalue weighted by Crippen LogP contribution is 2.41. The molecular formula is C15H22N2O3S. The molecule has 1 saturated heterocycles. The van der Waals surface area contributed by atoms with Gasteiger partial charge in [0.15, 0.2) is 0 Å². The van der Waals surface area contributed by atoms with E-state index in [0.29, 0.717) is 18.3 Å². The third-order valence-corrected chi connectivity index (χ3v) is 6.41. The van der Waals surface area contributed by atoms with Gasteiger partial charge in [0, 0.05) is 24.7 Å². The van der Waals surface area contributed by atoms with Crippen LogP contribution < -0.4 is 4.74 Å². The number of nitrogens with zero attached hydrogens (tertiary/aromatic N) is 2. The molecule has 116 valence electrons. The second-order valence-electron chi connectivity index (χ2n) is 5.89. The summed E-state index contributed by atoms with van der Waals surface area (Å²) in [6.07, 6.45) is 5.21. The monoisotopic (exact) mass is 310 g/mol. The average molecular weight is 310 g/mol. The first-order valence-corrected chi connectivity index (χ1v) is 9.30. The smallest absolute Gasteiger partial charge is 0.214 e. The van der Waals surface area contributed by atoms with Gasteiger partial charge in [-0.2, -0.15) is 4.31 Å². The van der Waals surface area contributed by atoms with E-state index in [2.05, 4.69) is 4.98 Å². The molecule has 2 bridgehead atoms. The Morgan fingerprint density at radius 1 is 1.38 bits per heavy atom. The van der Waals surface area contributed by atoms with Gasteiger partial charge in [0.2, 0.25) is 15.9 Å². The number of hydrogen-bond donors (Lipinski definition) is 0. The average Bonchev–Trinajstić information content (AvgIpc) is 3.04. The lowest BCUT2D eigenvalue weighted by Crippen LogP contribution is -2.41. The maximum Gasteiger partial charge on any atom is 0.214 e. The van der Waals surface area contributed by atoms with Crippen LogP contribution in [-0.4, -0.2) is 42.2 Å². The van der Waals surface area contributed by atoms with Gasteiger partial charge in [0.1, 0.15) is 6.10 Å². The third-order valence-electron chi connectivity index (χ3n) is 4.47. The number of unbranched alkanes of at least 4 members (excludes halogenated alkanes) is 1. The van der Waals surface area contributed by atoms with E-state index in [9.17, 15) is 8.42 Å². The van der Waals surface area contributed by atoms with Crippen LogP contribution in [0.3, 0.4) is 0 Å². The Kier molecular flexibility index (Phi) is 4.17. The first-order chi connectivity index (χ1) is 10.1. The summed E-state index contributed by atoms with van der Waals surface area (Å²) in [7, 11) is -3.15. The van der Waals surface area contributed by atoms with Gasteiger partial charge in [-0.1, -0.05) is 19.4 Å². The van der Waals surface area contributed by atoms with Crippen LogP contribution in [0.1, 0.15) is 32.6 Å². The lowest BCUT2D eigenvalue weighted by atomic mass is 10.1. The molecule has 2 heterocycles. The molecule has 1 aromatic heterocycles. The van der Waals surface area contributed by atoms with Crippen molar-refractivity contribution in [3.05, 3.63) is 24.4 Å². The van der Waals surface area contributed by atoms with Gasteiger partial charge in [-0.25, -0.2) is 13.4 Å². The summed E-state index contributed by atoms with van der Waals surface area (Å²) < 4.78 is 32.5. The standard InChI is InChI=1S/C15H22N2O3S/c1-2-3-10-21(18,19)17-11-12-7-8-13(17)15(12)20-14-6-4-5-9-16-14/h4-6,9,12-13,15H,2-3,7-8,10-11H2,1H3/t12-,13+,15-/m1/s1. The van der Waals surface area contributed by atoms with E-state index in [1.165, 1.54) is 0 Å². The lowest BCUT2D eigenvalue weighted by molar-refractivity contribution is 0.161. The van der Waals surface area contributed by atoms with Crippen LogP contribution >= 0.6 is 0 Å². The highest BCUT2D eigenvalue weighted by Gasteiger charge is 2.52. The number of aromatic nitrogens is 1. The maximum atomic E-state index is 12.4. The zero-order valence-corrected chi connectivity index (χ0v) is 13.1. The predicted octanol–water partition coefficient (Wildman–Crippen LogP) is 2.05. The predicted molar refractivity (Wildman–Crippen MR) is 80.6 cm³/mol. The number of pyridine rings is 1. The summed E-state index contributed by atoms with van der Waals surface area (Å²) in [4.78, 5) is 4.19. The van der Waals surface area contributed by atoms with Crippen LogP contribution in [0.4, 0.5) is 0 Å². The summed E-state index contributed by atoms with van der Waals surface area (Å²) >= 11 is 0. The first kappa shape index (κ1) is 14.8. The minimum Gasteiger partial charge on any atom is -0.472 e. The SMILES string of the molecule is CCCCS(=O)(=O)N1C[C@H]2CC[C@H]1[C@@H]2Oc1ccccn1. The van der Waals surface area contributed by atoms with Gasteiger partial charge in [-0.3, -0.25) is 0 Å². The lowest BCUT2D eigenvalue weighted by Gasteiger charge is -2.26. The molecule has 2 fully saturated rings. The highest BCUT2D eigenvalue weighted by molar-refractivity contribution is 7.89. The van der Waals surface area contributed by atoms with Crippen LogP contribution in [0, 0.1) is 5.92 Å². The molecule has 0 N–H and O–H groups in total. The van der Waals surface area contributed by atoms with Crippen molar-refractivity contribution in [2.45, 2.75) is 44.8 Å². The number of fused-ring (bicyclic) bond motifs is 2. The number of piperidine rings is 1. The van der Waals surface area contributed by atoms with E-state index >= 15 is 0 Å². The Bertz CT molecular complexity index is 576. The van der Waals surface area contributed by atoms with E-state index in [1.54, 1.807) is 10.5 Å². The minimum atomic E-state index is -3.15. The molecule has 3 atom stereocenters. The van der Waals surface area contributed by atoms with Crippen molar-refractivity contribution in [1.82, 2.24) is 9.29 Å². The molecule has 2 aliphatic rings. The first-order valence-electron chi connectivity index (χ1n) is 7.69. The molecule has 3 rings (SSSR count). The molecule has 6 heteroatoms. The minimum absolute atomic E-state index is 0.0149. The Morgan fingerprint density at radius 2 is 2.24 bits per heavy atom. The Balaban J connectivity index is 1.72. The molecule has 0 amide bonds. The van der Waals surface area contributed by atoms with Gasteiger partial charge in [-0.15, -0.1) is 0 Å². The van der Waals surface area contributed by atoms with Gasteiger partial charge in [0.05, 0.1) is 11.8 Å². The molecule has 0 aromatic carbocycles. The van der Waals surface area contributed by atoms with Crippen molar-refractivity contribution >= 4 is 10.0 Å². The highest BCUT2D eigenvalue weighted by atomic mass is 32.2. The van der Waals surface area contributed by atoms with Gasteiger partial charge in [0.25, 0.3) is 0 Å². The Labute approximate surface area is 126 Å². The summed E-state index contributed by atoms with van der Waals surface area (Å²) in [5.74, 6) is 1.14. The van der Waals surface area contributed by atoms with Crippen LogP contribution in [-0.2, 0) is 10.0 Å². The molecule has 1 aliphatic heterocycles. The molecule has 1 aromatic rings. The quantitative estimate of drug-likeness (QED) is 0.807. The molecule has 0 unspecified atom stereocenters. The number of ether oxygens (including phenoxy) is 1. The van der Waals surface area contributed by atoms with Crippen LogP contribution in [0.5, 0.6) is 5.88 Å². The number of sulfonamides is 1. The van der Waals surface area contributed by atoms with Gasteiger partial charge in [-0.05, 0) is 25.3 Å². The van der Waals surface area contributed by atoms with Crippen LogP contribution in [0.15, 0.2) is 24.4 Å². The molecule has 21 heavy (non-hydrogen) atoms. The van der Waals surface area contributed by atoms with E-state index in [0.717, 1.165) is 25.7 Å². The fourth-order valence-electron chi connectivity index (χ4n) is 3.39. The van der Waals surface area contributed by atoms with E-state index < -0.39 is 10.0 Å². The molecule has 1 aliphatic carbocycles. The van der Waals surface area contributed by atoms with Crippen molar-refractivity contribution in [1.29, 1.82) is 0 Å². The van der Waals surface area contributed by atoms with Crippen molar-refractivity contribution in [2.75, 3.05) is 12.3 Å². The maximum absolute atomic E-state index is 12.4. The normalized spacial score (nSPS) is 28.9. The van der Waals surface area contributed by atoms with Gasteiger partial charge < -0.3 is 4.74 Å². The van der Waals surface area contributed by atoms with Crippen molar-refractivity contribution in [2.24, 2.45) is 5.92 Å². The molecular weight excluding hydrogens is 288 g/mol. The zero-order valence-electron chi connectivity index (χ0n) is 12.3. The van der Waals surface area contributed by atoms with Crippen molar-refractivity contribution in [3.8, 4) is 5.88 Å². The molecule has 1 saturated carbocycles.